The van der Waals surface area contributed by atoms with Gasteiger partial charge in [0, 0.05) is 0 Å². The summed E-state index contributed by atoms with van der Waals surface area (Å²) in [6.07, 6.45) is 3.94. The van der Waals surface area contributed by atoms with Crippen LogP contribution in [0.25, 0.3) is 0 Å². The van der Waals surface area contributed by atoms with Crippen molar-refractivity contribution in [3.05, 3.63) is 0 Å². The molecule has 2 aliphatic carbocycles. The lowest BCUT2D eigenvalue weighted by atomic mass is 9.69. The predicted octanol–water partition coefficient (Wildman–Crippen LogP) is 1.40. The standard InChI is InChI=1S/C11H22N4.ClH/c1-10(2)7-4-5-11(3,6-7)8(10)14-15-9(12)13;/h7-8,14H,4-6H2,1-3H3,(H4,12,13,15);1H. The first-order chi connectivity index (χ1) is 6.86. The van der Waals surface area contributed by atoms with Gasteiger partial charge in [-0.1, -0.05) is 20.8 Å². The number of halogens is 1. The Morgan fingerprint density at radius 3 is 2.38 bits per heavy atom. The van der Waals surface area contributed by atoms with Gasteiger partial charge in [-0.3, -0.25) is 0 Å². The Morgan fingerprint density at radius 2 is 1.94 bits per heavy atom. The molecule has 2 aliphatic rings. The SMILES string of the molecule is CC12CCC(C1)C(C)(C)C2NN=C(N)N.Cl. The number of rotatable bonds is 2. The van der Waals surface area contributed by atoms with Crippen LogP contribution in [0.5, 0.6) is 0 Å². The van der Waals surface area contributed by atoms with Gasteiger partial charge in [-0.05, 0) is 36.0 Å². The molecular weight excluding hydrogens is 224 g/mol. The maximum absolute atomic E-state index is 5.37. The smallest absolute Gasteiger partial charge is 0.208 e. The Bertz CT molecular complexity index is 294. The van der Waals surface area contributed by atoms with E-state index in [2.05, 4.69) is 31.3 Å². The number of nitrogens with two attached hydrogens (primary N) is 2. The zero-order chi connectivity index (χ0) is 11.3. The molecule has 3 unspecified atom stereocenters. The van der Waals surface area contributed by atoms with E-state index in [-0.39, 0.29) is 18.4 Å². The van der Waals surface area contributed by atoms with Crippen molar-refractivity contribution in [1.29, 1.82) is 0 Å². The van der Waals surface area contributed by atoms with Crippen LogP contribution in [0.4, 0.5) is 0 Å². The molecule has 3 atom stereocenters. The lowest BCUT2D eigenvalue weighted by Crippen LogP contribution is -2.49. The second-order valence-electron chi connectivity index (χ2n) is 6.01. The molecule has 0 aromatic rings. The van der Waals surface area contributed by atoms with E-state index in [0.717, 1.165) is 5.92 Å². The van der Waals surface area contributed by atoms with Gasteiger partial charge >= 0.3 is 0 Å². The monoisotopic (exact) mass is 246 g/mol. The summed E-state index contributed by atoms with van der Waals surface area (Å²) in [6.45, 7) is 6.99. The van der Waals surface area contributed by atoms with Crippen LogP contribution >= 0.6 is 12.4 Å². The summed E-state index contributed by atoms with van der Waals surface area (Å²) in [7, 11) is 0. The molecule has 4 nitrogen and oxygen atoms in total. The molecule has 5 N–H and O–H groups in total. The van der Waals surface area contributed by atoms with Gasteiger partial charge < -0.3 is 16.9 Å². The third-order valence-corrected chi connectivity index (χ3v) is 4.59. The quantitative estimate of drug-likeness (QED) is 0.392. The second-order valence-corrected chi connectivity index (χ2v) is 6.01. The molecular formula is C11H23ClN4. The number of guanidine groups is 1. The number of hydrogen-bond acceptors (Lipinski definition) is 2. The van der Waals surface area contributed by atoms with Gasteiger partial charge in [0.1, 0.15) is 0 Å². The summed E-state index contributed by atoms with van der Waals surface area (Å²) < 4.78 is 0. The molecule has 94 valence electrons. The first-order valence-electron chi connectivity index (χ1n) is 5.70. The Labute approximate surface area is 104 Å². The fourth-order valence-corrected chi connectivity index (χ4v) is 3.76. The molecule has 0 saturated heterocycles. The largest absolute Gasteiger partial charge is 0.369 e. The molecule has 2 fully saturated rings. The summed E-state index contributed by atoms with van der Waals surface area (Å²) in [6, 6.07) is 0.394. The van der Waals surface area contributed by atoms with Gasteiger partial charge in [0.25, 0.3) is 0 Å². The van der Waals surface area contributed by atoms with E-state index in [0.29, 0.717) is 16.9 Å². The molecule has 0 amide bonds. The number of nitrogens with one attached hydrogen (secondary N) is 1. The average molecular weight is 247 g/mol. The Balaban J connectivity index is 0.00000128. The Morgan fingerprint density at radius 1 is 1.31 bits per heavy atom. The highest BCUT2D eigenvalue weighted by Gasteiger charge is 2.59. The third kappa shape index (κ3) is 1.83. The molecule has 5 heteroatoms. The first kappa shape index (κ1) is 13.4. The maximum atomic E-state index is 5.37. The lowest BCUT2D eigenvalue weighted by Gasteiger charge is -2.42. The average Bonchev–Trinajstić information content (AvgIpc) is 2.54. The summed E-state index contributed by atoms with van der Waals surface area (Å²) >= 11 is 0. The van der Waals surface area contributed by atoms with Crippen LogP contribution in [0, 0.1) is 16.7 Å². The Hall–Kier alpha value is -0.640. The number of hydrazone groups is 1. The summed E-state index contributed by atoms with van der Waals surface area (Å²) in [5, 5.41) is 3.99. The zero-order valence-corrected chi connectivity index (χ0v) is 11.1. The highest BCUT2D eigenvalue weighted by molar-refractivity contribution is 5.85. The van der Waals surface area contributed by atoms with E-state index in [1.165, 1.54) is 19.3 Å². The van der Waals surface area contributed by atoms with Crippen molar-refractivity contribution < 1.29 is 0 Å². The van der Waals surface area contributed by atoms with Crippen molar-refractivity contribution >= 4 is 18.4 Å². The van der Waals surface area contributed by atoms with Gasteiger partial charge in [-0.2, -0.15) is 0 Å². The second kappa shape index (κ2) is 3.99. The van der Waals surface area contributed by atoms with Crippen LogP contribution in [0.3, 0.4) is 0 Å². The zero-order valence-electron chi connectivity index (χ0n) is 10.3. The van der Waals surface area contributed by atoms with E-state index in [4.69, 9.17) is 11.5 Å². The minimum atomic E-state index is 0. The van der Waals surface area contributed by atoms with E-state index < -0.39 is 0 Å². The van der Waals surface area contributed by atoms with Crippen molar-refractivity contribution in [2.75, 3.05) is 0 Å². The van der Waals surface area contributed by atoms with Gasteiger partial charge in [-0.15, -0.1) is 17.5 Å². The number of fused-ring (bicyclic) bond motifs is 2. The van der Waals surface area contributed by atoms with Crippen LogP contribution in [-0.2, 0) is 0 Å². The van der Waals surface area contributed by atoms with Crippen molar-refractivity contribution in [3.8, 4) is 0 Å². The molecule has 2 rings (SSSR count). The first-order valence-corrected chi connectivity index (χ1v) is 5.70. The van der Waals surface area contributed by atoms with E-state index >= 15 is 0 Å². The van der Waals surface area contributed by atoms with Gasteiger partial charge in [0.2, 0.25) is 5.96 Å². The third-order valence-electron chi connectivity index (χ3n) is 4.59. The van der Waals surface area contributed by atoms with Crippen molar-refractivity contribution in [2.45, 2.75) is 46.1 Å². The molecule has 0 radical (unpaired) electrons. The van der Waals surface area contributed by atoms with Gasteiger partial charge in [0.05, 0.1) is 6.04 Å². The molecule has 16 heavy (non-hydrogen) atoms. The molecule has 0 aliphatic heterocycles. The van der Waals surface area contributed by atoms with Gasteiger partial charge in [0.15, 0.2) is 0 Å². The highest BCUT2D eigenvalue weighted by Crippen LogP contribution is 2.62. The molecule has 2 saturated carbocycles. The predicted molar refractivity (Wildman–Crippen MR) is 69.2 cm³/mol. The lowest BCUT2D eigenvalue weighted by molar-refractivity contribution is 0.110. The van der Waals surface area contributed by atoms with E-state index in [9.17, 15) is 0 Å². The topological polar surface area (TPSA) is 76.4 Å². The van der Waals surface area contributed by atoms with Crippen LogP contribution in [0.15, 0.2) is 5.10 Å². The fourth-order valence-electron chi connectivity index (χ4n) is 3.76. The minimum Gasteiger partial charge on any atom is -0.369 e. The van der Waals surface area contributed by atoms with Crippen molar-refractivity contribution in [2.24, 2.45) is 33.3 Å². The normalized spacial score (nSPS) is 38.9. The van der Waals surface area contributed by atoms with E-state index in [1.807, 2.05) is 0 Å². The summed E-state index contributed by atoms with van der Waals surface area (Å²) in [4.78, 5) is 0. The summed E-state index contributed by atoms with van der Waals surface area (Å²) in [5.41, 5.74) is 14.6. The minimum absolute atomic E-state index is 0. The molecule has 0 spiro atoms. The van der Waals surface area contributed by atoms with E-state index in [1.54, 1.807) is 0 Å². The molecule has 0 aromatic carbocycles. The number of nitrogens with zero attached hydrogens (tertiary/aromatic N) is 1. The molecule has 2 bridgehead atoms. The van der Waals surface area contributed by atoms with Crippen LogP contribution < -0.4 is 16.9 Å². The van der Waals surface area contributed by atoms with Crippen molar-refractivity contribution in [3.63, 3.8) is 0 Å². The van der Waals surface area contributed by atoms with Crippen molar-refractivity contribution in [1.82, 2.24) is 5.43 Å². The summed E-state index contributed by atoms with van der Waals surface area (Å²) in [5.74, 6) is 0.936. The van der Waals surface area contributed by atoms with Crippen LogP contribution in [-0.4, -0.2) is 12.0 Å². The number of hydrogen-bond donors (Lipinski definition) is 3. The maximum Gasteiger partial charge on any atom is 0.208 e. The molecule has 0 aromatic heterocycles. The fraction of sp³-hybridized carbons (Fsp3) is 0.909. The van der Waals surface area contributed by atoms with Crippen LogP contribution in [0.1, 0.15) is 40.0 Å². The van der Waals surface area contributed by atoms with Gasteiger partial charge in [-0.25, -0.2) is 0 Å². The molecule has 0 heterocycles. The van der Waals surface area contributed by atoms with Crippen LogP contribution in [0.2, 0.25) is 0 Å². The Kier molecular flexibility index (Phi) is 3.34. The highest BCUT2D eigenvalue weighted by atomic mass is 35.5.